The highest BCUT2D eigenvalue weighted by Crippen LogP contribution is 2.28. The lowest BCUT2D eigenvalue weighted by molar-refractivity contribution is 1.28. The molecule has 4 heteroatoms. The van der Waals surface area contributed by atoms with Gasteiger partial charge in [-0.15, -0.1) is 0 Å². The predicted octanol–water partition coefficient (Wildman–Crippen LogP) is 4.66. The summed E-state index contributed by atoms with van der Waals surface area (Å²) in [6.45, 7) is 2.06. The Hall–Kier alpha value is -0.870. The summed E-state index contributed by atoms with van der Waals surface area (Å²) < 4.78 is 2.04. The van der Waals surface area contributed by atoms with Crippen LogP contribution in [-0.2, 0) is 0 Å². The third-order valence-corrected chi connectivity index (χ3v) is 3.78. The second kappa shape index (κ2) is 4.97. The van der Waals surface area contributed by atoms with Crippen molar-refractivity contribution in [3.8, 4) is 0 Å². The van der Waals surface area contributed by atoms with Gasteiger partial charge >= 0.3 is 0 Å². The normalized spacial score (nSPS) is 10.2. The van der Waals surface area contributed by atoms with Crippen molar-refractivity contribution in [2.45, 2.75) is 6.92 Å². The molecular formula is C12H10Br2N2. The first-order valence-corrected chi connectivity index (χ1v) is 6.40. The minimum Gasteiger partial charge on any atom is -0.339 e. The number of rotatable bonds is 2. The molecule has 1 N–H and O–H groups in total. The van der Waals surface area contributed by atoms with Gasteiger partial charge in [0, 0.05) is 16.4 Å². The van der Waals surface area contributed by atoms with E-state index in [-0.39, 0.29) is 0 Å². The third kappa shape index (κ3) is 2.44. The molecule has 0 amide bonds. The van der Waals surface area contributed by atoms with E-state index < -0.39 is 0 Å². The van der Waals surface area contributed by atoms with Gasteiger partial charge < -0.3 is 5.32 Å². The average Bonchev–Trinajstić information content (AvgIpc) is 2.28. The van der Waals surface area contributed by atoms with E-state index in [2.05, 4.69) is 49.1 Å². The summed E-state index contributed by atoms with van der Waals surface area (Å²) in [5, 5.41) is 3.29. The molecule has 1 heterocycles. The first-order valence-electron chi connectivity index (χ1n) is 4.81. The quantitative estimate of drug-likeness (QED) is 0.859. The molecule has 2 aromatic rings. The van der Waals surface area contributed by atoms with Gasteiger partial charge in [0.1, 0.15) is 5.82 Å². The van der Waals surface area contributed by atoms with E-state index in [4.69, 9.17) is 0 Å². The monoisotopic (exact) mass is 340 g/mol. The predicted molar refractivity (Wildman–Crippen MR) is 74.1 cm³/mol. The molecule has 0 atom stereocenters. The van der Waals surface area contributed by atoms with Gasteiger partial charge in [-0.1, -0.05) is 22.0 Å². The lowest BCUT2D eigenvalue weighted by Gasteiger charge is -2.10. The molecule has 0 aliphatic carbocycles. The molecule has 0 saturated heterocycles. The highest BCUT2D eigenvalue weighted by Gasteiger charge is 2.04. The van der Waals surface area contributed by atoms with Crippen molar-refractivity contribution in [2.24, 2.45) is 0 Å². The zero-order chi connectivity index (χ0) is 11.5. The summed E-state index contributed by atoms with van der Waals surface area (Å²) in [6, 6.07) is 9.90. The molecule has 1 aromatic carbocycles. The SMILES string of the molecule is Cc1c(Br)cccc1Nc1ncccc1Br. The summed E-state index contributed by atoms with van der Waals surface area (Å²) in [4.78, 5) is 4.27. The molecule has 0 fully saturated rings. The van der Waals surface area contributed by atoms with Gasteiger partial charge in [-0.05, 0) is 52.7 Å². The topological polar surface area (TPSA) is 24.9 Å². The van der Waals surface area contributed by atoms with Crippen LogP contribution in [0.5, 0.6) is 0 Å². The van der Waals surface area contributed by atoms with Crippen LogP contribution in [0.15, 0.2) is 45.5 Å². The molecule has 2 nitrogen and oxygen atoms in total. The number of aromatic nitrogens is 1. The van der Waals surface area contributed by atoms with Crippen LogP contribution >= 0.6 is 31.9 Å². The largest absolute Gasteiger partial charge is 0.339 e. The molecule has 0 aliphatic heterocycles. The van der Waals surface area contributed by atoms with E-state index in [1.54, 1.807) is 6.20 Å². The molecule has 0 spiro atoms. The third-order valence-electron chi connectivity index (χ3n) is 2.28. The smallest absolute Gasteiger partial charge is 0.144 e. The molecular weight excluding hydrogens is 332 g/mol. The molecule has 16 heavy (non-hydrogen) atoms. The zero-order valence-corrected chi connectivity index (χ0v) is 11.8. The molecule has 0 radical (unpaired) electrons. The Balaban J connectivity index is 2.35. The fraction of sp³-hybridized carbons (Fsp3) is 0.0833. The second-order valence-electron chi connectivity index (χ2n) is 3.37. The van der Waals surface area contributed by atoms with Crippen molar-refractivity contribution in [1.29, 1.82) is 0 Å². The van der Waals surface area contributed by atoms with Crippen molar-refractivity contribution in [1.82, 2.24) is 4.98 Å². The van der Waals surface area contributed by atoms with E-state index in [0.29, 0.717) is 0 Å². The number of anilines is 2. The lowest BCUT2D eigenvalue weighted by atomic mass is 10.2. The number of nitrogens with zero attached hydrogens (tertiary/aromatic N) is 1. The zero-order valence-electron chi connectivity index (χ0n) is 8.67. The van der Waals surface area contributed by atoms with Gasteiger partial charge in [0.15, 0.2) is 0 Å². The molecule has 0 aliphatic rings. The standard InChI is InChI=1S/C12H10Br2N2/c1-8-9(13)4-2-6-11(8)16-12-10(14)5-3-7-15-12/h2-7H,1H3,(H,15,16). The van der Waals surface area contributed by atoms with Crippen molar-refractivity contribution < 1.29 is 0 Å². The Kier molecular flexibility index (Phi) is 3.61. The van der Waals surface area contributed by atoms with E-state index in [9.17, 15) is 0 Å². The van der Waals surface area contributed by atoms with Crippen LogP contribution in [0.4, 0.5) is 11.5 Å². The number of pyridine rings is 1. The molecule has 82 valence electrons. The van der Waals surface area contributed by atoms with E-state index in [0.717, 1.165) is 20.5 Å². The molecule has 2 rings (SSSR count). The average molecular weight is 342 g/mol. The first-order chi connectivity index (χ1) is 7.68. The summed E-state index contributed by atoms with van der Waals surface area (Å²) in [5.41, 5.74) is 2.22. The minimum atomic E-state index is 0.823. The molecule has 0 unspecified atom stereocenters. The van der Waals surface area contributed by atoms with E-state index >= 15 is 0 Å². The Morgan fingerprint density at radius 3 is 2.56 bits per heavy atom. The van der Waals surface area contributed by atoms with Gasteiger partial charge in [0.05, 0.1) is 4.47 Å². The van der Waals surface area contributed by atoms with Gasteiger partial charge in [-0.3, -0.25) is 0 Å². The van der Waals surface area contributed by atoms with Crippen molar-refractivity contribution in [3.63, 3.8) is 0 Å². The maximum atomic E-state index is 4.27. The minimum absolute atomic E-state index is 0.823. The van der Waals surface area contributed by atoms with E-state index in [1.165, 1.54) is 5.56 Å². The van der Waals surface area contributed by atoms with E-state index in [1.807, 2.05) is 30.3 Å². The summed E-state index contributed by atoms with van der Waals surface area (Å²) >= 11 is 6.97. The van der Waals surface area contributed by atoms with Crippen molar-refractivity contribution in [2.75, 3.05) is 5.32 Å². The van der Waals surface area contributed by atoms with Crippen LogP contribution in [-0.4, -0.2) is 4.98 Å². The second-order valence-corrected chi connectivity index (χ2v) is 5.08. The van der Waals surface area contributed by atoms with Gasteiger partial charge in [-0.25, -0.2) is 4.98 Å². The van der Waals surface area contributed by atoms with Crippen molar-refractivity contribution >= 4 is 43.4 Å². The Morgan fingerprint density at radius 2 is 1.81 bits per heavy atom. The first kappa shape index (κ1) is 11.6. The van der Waals surface area contributed by atoms with Crippen LogP contribution in [0.1, 0.15) is 5.56 Å². The van der Waals surface area contributed by atoms with Gasteiger partial charge in [-0.2, -0.15) is 0 Å². The number of hydrogen-bond acceptors (Lipinski definition) is 2. The van der Waals surface area contributed by atoms with Crippen LogP contribution < -0.4 is 5.32 Å². The van der Waals surface area contributed by atoms with Crippen LogP contribution in [0.2, 0.25) is 0 Å². The van der Waals surface area contributed by atoms with Crippen LogP contribution in [0.3, 0.4) is 0 Å². The highest BCUT2D eigenvalue weighted by atomic mass is 79.9. The number of halogens is 2. The maximum absolute atomic E-state index is 4.27. The number of nitrogens with one attached hydrogen (secondary N) is 1. The van der Waals surface area contributed by atoms with Gasteiger partial charge in [0.25, 0.3) is 0 Å². The highest BCUT2D eigenvalue weighted by molar-refractivity contribution is 9.10. The molecule has 0 saturated carbocycles. The van der Waals surface area contributed by atoms with Crippen LogP contribution in [0.25, 0.3) is 0 Å². The number of hydrogen-bond donors (Lipinski definition) is 1. The Morgan fingerprint density at radius 1 is 1.06 bits per heavy atom. The molecule has 0 bridgehead atoms. The maximum Gasteiger partial charge on any atom is 0.144 e. The Labute approximate surface area is 111 Å². The fourth-order valence-electron chi connectivity index (χ4n) is 1.35. The van der Waals surface area contributed by atoms with Gasteiger partial charge in [0.2, 0.25) is 0 Å². The summed E-state index contributed by atoms with van der Waals surface area (Å²) in [5.74, 6) is 0.823. The molecule has 1 aromatic heterocycles. The fourth-order valence-corrected chi connectivity index (χ4v) is 2.07. The van der Waals surface area contributed by atoms with Crippen molar-refractivity contribution in [3.05, 3.63) is 51.0 Å². The summed E-state index contributed by atoms with van der Waals surface area (Å²) in [7, 11) is 0. The summed E-state index contributed by atoms with van der Waals surface area (Å²) in [6.07, 6.45) is 1.76. The Bertz CT molecular complexity index is 512. The lowest BCUT2D eigenvalue weighted by Crippen LogP contribution is -1.96. The van der Waals surface area contributed by atoms with Crippen LogP contribution in [0, 0.1) is 6.92 Å². The number of benzene rings is 1.